The number of hydrogen-bond donors (Lipinski definition) is 2. The molecule has 5 nitrogen and oxygen atoms in total. The third-order valence-corrected chi connectivity index (χ3v) is 4.94. The smallest absolute Gasteiger partial charge is 0.253 e. The number of nitrogens with one attached hydrogen (secondary N) is 2. The second-order valence-corrected chi connectivity index (χ2v) is 6.76. The molecule has 3 heterocycles. The number of nitrogens with zero attached hydrogens (tertiary/aromatic N) is 1. The number of aromatic nitrogens is 2. The maximum atomic E-state index is 12.5. The summed E-state index contributed by atoms with van der Waals surface area (Å²) in [5.74, 6) is -0.0614. The van der Waals surface area contributed by atoms with Gasteiger partial charge in [-0.2, -0.15) is 0 Å². The Morgan fingerprint density at radius 1 is 1.12 bits per heavy atom. The molecule has 124 valence electrons. The molecule has 25 heavy (non-hydrogen) atoms. The first-order valence-electron chi connectivity index (χ1n) is 7.94. The molecule has 0 aliphatic carbocycles. The molecule has 0 unspecified atom stereocenters. The maximum absolute atomic E-state index is 12.5. The number of rotatable bonds is 3. The van der Waals surface area contributed by atoms with E-state index in [0.29, 0.717) is 17.8 Å². The first-order valence-corrected chi connectivity index (χ1v) is 8.76. The number of hydrogen-bond acceptors (Lipinski definition) is 4. The highest BCUT2D eigenvalue weighted by Gasteiger charge is 2.20. The lowest BCUT2D eigenvalue weighted by Crippen LogP contribution is -2.31. The van der Waals surface area contributed by atoms with E-state index in [2.05, 4.69) is 15.3 Å². The van der Waals surface area contributed by atoms with Crippen molar-refractivity contribution in [2.45, 2.75) is 11.3 Å². The SMILES string of the molecule is O=C(Sc1ccccc1)c1cc(-c2cc3c([nH]2)CCNC3=O)ccn1. The van der Waals surface area contributed by atoms with Crippen LogP contribution >= 0.6 is 11.8 Å². The van der Waals surface area contributed by atoms with E-state index < -0.39 is 0 Å². The molecule has 2 aromatic heterocycles. The van der Waals surface area contributed by atoms with E-state index in [1.165, 1.54) is 0 Å². The summed E-state index contributed by atoms with van der Waals surface area (Å²) in [6.45, 7) is 0.638. The molecule has 0 radical (unpaired) electrons. The molecular formula is C19H15N3O2S. The lowest BCUT2D eigenvalue weighted by molar-refractivity contribution is 0.0945. The van der Waals surface area contributed by atoms with Gasteiger partial charge in [0.15, 0.2) is 0 Å². The first-order chi connectivity index (χ1) is 12.2. The minimum atomic E-state index is -0.109. The number of H-pyrrole nitrogens is 1. The van der Waals surface area contributed by atoms with Crippen molar-refractivity contribution >= 4 is 22.8 Å². The van der Waals surface area contributed by atoms with Crippen molar-refractivity contribution in [1.29, 1.82) is 0 Å². The van der Waals surface area contributed by atoms with Gasteiger partial charge in [0.05, 0.1) is 5.56 Å². The van der Waals surface area contributed by atoms with Crippen LogP contribution in [0.15, 0.2) is 59.6 Å². The van der Waals surface area contributed by atoms with Crippen LogP contribution < -0.4 is 5.32 Å². The Bertz CT molecular complexity index is 950. The number of thioether (sulfide) groups is 1. The Morgan fingerprint density at radius 3 is 2.76 bits per heavy atom. The second-order valence-electron chi connectivity index (χ2n) is 5.71. The molecule has 0 saturated heterocycles. The van der Waals surface area contributed by atoms with Gasteiger partial charge < -0.3 is 10.3 Å². The van der Waals surface area contributed by atoms with Crippen molar-refractivity contribution in [2.75, 3.05) is 6.54 Å². The van der Waals surface area contributed by atoms with Crippen LogP contribution in [0, 0.1) is 0 Å². The Kier molecular flexibility index (Phi) is 4.11. The van der Waals surface area contributed by atoms with E-state index in [1.54, 1.807) is 12.3 Å². The maximum Gasteiger partial charge on any atom is 0.253 e. The molecule has 6 heteroatoms. The van der Waals surface area contributed by atoms with Crippen molar-refractivity contribution in [1.82, 2.24) is 15.3 Å². The fourth-order valence-electron chi connectivity index (χ4n) is 2.81. The lowest BCUT2D eigenvalue weighted by Gasteiger charge is -2.10. The van der Waals surface area contributed by atoms with E-state index in [4.69, 9.17) is 0 Å². The number of fused-ring (bicyclic) bond motifs is 1. The number of amides is 1. The number of carbonyl (C=O) groups is 2. The average molecular weight is 349 g/mol. The van der Waals surface area contributed by atoms with Crippen molar-refractivity contribution in [3.05, 3.63) is 71.7 Å². The molecule has 1 aliphatic rings. The Hall–Kier alpha value is -2.86. The molecule has 0 atom stereocenters. The predicted octanol–water partition coefficient (Wildman–Crippen LogP) is 3.30. The van der Waals surface area contributed by atoms with Gasteiger partial charge in [0, 0.05) is 41.0 Å². The van der Waals surface area contributed by atoms with Crippen LogP contribution in [-0.4, -0.2) is 27.5 Å². The summed E-state index contributed by atoms with van der Waals surface area (Å²) in [4.78, 5) is 32.7. The van der Waals surface area contributed by atoms with Gasteiger partial charge in [-0.25, -0.2) is 0 Å². The summed E-state index contributed by atoms with van der Waals surface area (Å²) in [6, 6.07) is 14.9. The number of aromatic amines is 1. The fourth-order valence-corrected chi connectivity index (χ4v) is 3.53. The quantitative estimate of drug-likeness (QED) is 0.712. The van der Waals surface area contributed by atoms with Crippen molar-refractivity contribution in [3.8, 4) is 11.3 Å². The van der Waals surface area contributed by atoms with E-state index >= 15 is 0 Å². The Morgan fingerprint density at radius 2 is 1.96 bits per heavy atom. The lowest BCUT2D eigenvalue weighted by atomic mass is 10.1. The molecule has 1 amide bonds. The predicted molar refractivity (Wildman–Crippen MR) is 96.7 cm³/mol. The van der Waals surface area contributed by atoms with Crippen molar-refractivity contribution in [3.63, 3.8) is 0 Å². The standard InChI is InChI=1S/C19H15N3O2S/c23-18-14-11-16(22-15(14)7-9-21-18)12-6-8-20-17(10-12)19(24)25-13-4-2-1-3-5-13/h1-6,8,10-11,22H,7,9H2,(H,21,23). The summed E-state index contributed by atoms with van der Waals surface area (Å²) in [5, 5.41) is 2.72. The minimum absolute atomic E-state index is 0.0614. The van der Waals surface area contributed by atoms with E-state index in [0.717, 1.165) is 40.0 Å². The zero-order valence-corrected chi connectivity index (χ0v) is 14.1. The molecule has 1 aliphatic heterocycles. The van der Waals surface area contributed by atoms with Gasteiger partial charge in [-0.05, 0) is 42.1 Å². The molecule has 1 aromatic carbocycles. The van der Waals surface area contributed by atoms with Gasteiger partial charge in [0.1, 0.15) is 5.69 Å². The van der Waals surface area contributed by atoms with Gasteiger partial charge in [-0.1, -0.05) is 18.2 Å². The van der Waals surface area contributed by atoms with Gasteiger partial charge in [-0.15, -0.1) is 0 Å². The van der Waals surface area contributed by atoms with Gasteiger partial charge >= 0.3 is 0 Å². The van der Waals surface area contributed by atoms with Crippen LogP contribution in [-0.2, 0) is 6.42 Å². The highest BCUT2D eigenvalue weighted by atomic mass is 32.2. The molecule has 3 aromatic rings. The molecule has 0 saturated carbocycles. The third kappa shape index (κ3) is 3.21. The topological polar surface area (TPSA) is 74.8 Å². The third-order valence-electron chi connectivity index (χ3n) is 4.04. The van der Waals surface area contributed by atoms with Crippen molar-refractivity contribution < 1.29 is 9.59 Å². The fraction of sp³-hybridized carbons (Fsp3) is 0.105. The molecule has 4 rings (SSSR count). The van der Waals surface area contributed by atoms with Crippen LogP contribution in [0.5, 0.6) is 0 Å². The van der Waals surface area contributed by atoms with Crippen LogP contribution in [0.4, 0.5) is 0 Å². The molecule has 2 N–H and O–H groups in total. The summed E-state index contributed by atoms with van der Waals surface area (Å²) in [6.07, 6.45) is 2.40. The van der Waals surface area contributed by atoms with Crippen LogP contribution in [0.25, 0.3) is 11.3 Å². The summed E-state index contributed by atoms with van der Waals surface area (Å²) in [5.41, 5.74) is 3.66. The summed E-state index contributed by atoms with van der Waals surface area (Å²) >= 11 is 1.15. The number of pyridine rings is 1. The van der Waals surface area contributed by atoms with Gasteiger partial charge in [-0.3, -0.25) is 14.6 Å². The number of benzene rings is 1. The van der Waals surface area contributed by atoms with E-state index in [-0.39, 0.29) is 11.0 Å². The Balaban J connectivity index is 1.61. The van der Waals surface area contributed by atoms with Crippen LogP contribution in [0.3, 0.4) is 0 Å². The molecule has 0 fully saturated rings. The first kappa shape index (κ1) is 15.7. The van der Waals surface area contributed by atoms with Gasteiger partial charge in [0.25, 0.3) is 5.91 Å². The second kappa shape index (κ2) is 6.57. The zero-order valence-electron chi connectivity index (χ0n) is 13.3. The highest BCUT2D eigenvalue weighted by molar-refractivity contribution is 8.14. The van der Waals surface area contributed by atoms with Crippen molar-refractivity contribution in [2.24, 2.45) is 0 Å². The Labute approximate surface area is 148 Å². The largest absolute Gasteiger partial charge is 0.358 e. The monoisotopic (exact) mass is 349 g/mol. The summed E-state index contributed by atoms with van der Waals surface area (Å²) in [7, 11) is 0. The molecule has 0 spiro atoms. The molecular weight excluding hydrogens is 334 g/mol. The minimum Gasteiger partial charge on any atom is -0.358 e. The summed E-state index contributed by atoms with van der Waals surface area (Å²) < 4.78 is 0. The van der Waals surface area contributed by atoms with Crippen LogP contribution in [0.1, 0.15) is 26.5 Å². The average Bonchev–Trinajstić information content (AvgIpc) is 3.08. The van der Waals surface area contributed by atoms with Gasteiger partial charge in [0.2, 0.25) is 5.12 Å². The zero-order chi connectivity index (χ0) is 17.2. The molecule has 0 bridgehead atoms. The number of carbonyl (C=O) groups excluding carboxylic acids is 2. The van der Waals surface area contributed by atoms with E-state index in [1.807, 2.05) is 42.5 Å². The van der Waals surface area contributed by atoms with Crippen LogP contribution in [0.2, 0.25) is 0 Å². The van der Waals surface area contributed by atoms with E-state index in [9.17, 15) is 9.59 Å². The normalized spacial score (nSPS) is 13.2. The highest BCUT2D eigenvalue weighted by Crippen LogP contribution is 2.26.